The van der Waals surface area contributed by atoms with Crippen molar-refractivity contribution in [2.75, 3.05) is 0 Å². The quantitative estimate of drug-likeness (QED) is 0.459. The Morgan fingerprint density at radius 1 is 1.17 bits per heavy atom. The van der Waals surface area contributed by atoms with Crippen LogP contribution in [-0.4, -0.2) is 12.1 Å². The molecule has 0 aliphatic rings. The van der Waals surface area contributed by atoms with Gasteiger partial charge in [-0.15, -0.1) is 13.2 Å². The molecule has 0 radical (unpaired) electrons. The monoisotopic (exact) mass is 344 g/mol. The van der Waals surface area contributed by atoms with Crippen LogP contribution in [0.15, 0.2) is 24.3 Å². The summed E-state index contributed by atoms with van der Waals surface area (Å²) in [5.74, 6) is 0.00629. The summed E-state index contributed by atoms with van der Waals surface area (Å²) in [6.07, 6.45) is 1.58. The number of ether oxygens (including phenoxy) is 1. The minimum absolute atomic E-state index is 0.133. The van der Waals surface area contributed by atoms with Gasteiger partial charge in [-0.05, 0) is 24.5 Å². The van der Waals surface area contributed by atoms with Gasteiger partial charge in [0.15, 0.2) is 5.78 Å². The van der Waals surface area contributed by atoms with Crippen LogP contribution in [0.2, 0.25) is 0 Å². The van der Waals surface area contributed by atoms with Crippen molar-refractivity contribution in [2.45, 2.75) is 65.7 Å². The molecule has 0 saturated heterocycles. The maximum atomic E-state index is 12.4. The lowest BCUT2D eigenvalue weighted by atomic mass is 9.89. The van der Waals surface area contributed by atoms with Crippen molar-refractivity contribution in [3.05, 3.63) is 29.8 Å². The molecule has 0 heterocycles. The molecular weight excluding hydrogens is 317 g/mol. The standard InChI is InChI=1S/C19H27F3O2/c1-4-8-15(5-2)10-6-9-14(3)18(23)16-11-7-12-17(13-16)24-19(20,21)22/h7,11-15H,4-6,8-10H2,1-3H3. The van der Waals surface area contributed by atoms with E-state index in [0.717, 1.165) is 31.7 Å². The van der Waals surface area contributed by atoms with E-state index in [1.165, 1.54) is 31.0 Å². The van der Waals surface area contributed by atoms with Gasteiger partial charge >= 0.3 is 6.36 Å². The number of hydrogen-bond donors (Lipinski definition) is 0. The van der Waals surface area contributed by atoms with Crippen LogP contribution in [0.25, 0.3) is 0 Å². The van der Waals surface area contributed by atoms with Gasteiger partial charge in [-0.3, -0.25) is 4.79 Å². The van der Waals surface area contributed by atoms with Crippen molar-refractivity contribution < 1.29 is 22.7 Å². The van der Waals surface area contributed by atoms with E-state index in [-0.39, 0.29) is 23.0 Å². The second-order valence-corrected chi connectivity index (χ2v) is 6.33. The minimum atomic E-state index is -4.75. The maximum Gasteiger partial charge on any atom is 0.573 e. The van der Waals surface area contributed by atoms with Crippen LogP contribution in [-0.2, 0) is 0 Å². The molecule has 2 unspecified atom stereocenters. The molecule has 136 valence electrons. The lowest BCUT2D eigenvalue weighted by Crippen LogP contribution is -2.18. The highest BCUT2D eigenvalue weighted by atomic mass is 19.4. The van der Waals surface area contributed by atoms with Crippen molar-refractivity contribution in [3.63, 3.8) is 0 Å². The normalized spacial score (nSPS) is 14.2. The van der Waals surface area contributed by atoms with Crippen molar-refractivity contribution in [1.82, 2.24) is 0 Å². The second kappa shape index (κ2) is 9.70. The molecule has 0 aliphatic carbocycles. The average Bonchev–Trinajstić information content (AvgIpc) is 2.51. The number of alkyl halides is 3. The number of Topliss-reactive ketones (excluding diaryl/α,β-unsaturated/α-hetero) is 1. The Morgan fingerprint density at radius 2 is 1.88 bits per heavy atom. The van der Waals surface area contributed by atoms with Crippen molar-refractivity contribution in [2.24, 2.45) is 11.8 Å². The first-order valence-electron chi connectivity index (χ1n) is 8.66. The van der Waals surface area contributed by atoms with Crippen LogP contribution in [0, 0.1) is 11.8 Å². The molecule has 0 aromatic heterocycles. The third-order valence-corrected chi connectivity index (χ3v) is 4.32. The van der Waals surface area contributed by atoms with Crippen molar-refractivity contribution in [3.8, 4) is 5.75 Å². The lowest BCUT2D eigenvalue weighted by Gasteiger charge is -2.16. The highest BCUT2D eigenvalue weighted by Gasteiger charge is 2.31. The van der Waals surface area contributed by atoms with E-state index < -0.39 is 6.36 Å². The van der Waals surface area contributed by atoms with Crippen LogP contribution < -0.4 is 4.74 Å². The molecule has 1 rings (SSSR count). The topological polar surface area (TPSA) is 26.3 Å². The van der Waals surface area contributed by atoms with E-state index in [0.29, 0.717) is 5.92 Å². The van der Waals surface area contributed by atoms with E-state index in [9.17, 15) is 18.0 Å². The Morgan fingerprint density at radius 3 is 2.46 bits per heavy atom. The van der Waals surface area contributed by atoms with Crippen LogP contribution in [0.1, 0.15) is 69.7 Å². The number of ketones is 1. The summed E-state index contributed by atoms with van der Waals surface area (Å²) in [7, 11) is 0. The first-order chi connectivity index (χ1) is 11.3. The van der Waals surface area contributed by atoms with Crippen LogP contribution in [0.3, 0.4) is 0 Å². The zero-order valence-corrected chi connectivity index (χ0v) is 14.7. The van der Waals surface area contributed by atoms with Gasteiger partial charge < -0.3 is 4.74 Å². The van der Waals surface area contributed by atoms with E-state index in [1.54, 1.807) is 0 Å². The fourth-order valence-electron chi connectivity index (χ4n) is 2.94. The minimum Gasteiger partial charge on any atom is -0.406 e. The predicted molar refractivity (Wildman–Crippen MR) is 89.2 cm³/mol. The van der Waals surface area contributed by atoms with E-state index in [1.807, 2.05) is 6.92 Å². The summed E-state index contributed by atoms with van der Waals surface area (Å²) in [5.41, 5.74) is 0.268. The maximum absolute atomic E-state index is 12.4. The largest absolute Gasteiger partial charge is 0.573 e. The Hall–Kier alpha value is -1.52. The Bertz CT molecular complexity index is 512. The first kappa shape index (κ1) is 20.5. The number of carbonyl (C=O) groups is 1. The first-order valence-corrected chi connectivity index (χ1v) is 8.66. The van der Waals surface area contributed by atoms with Gasteiger partial charge in [0.1, 0.15) is 5.75 Å². The number of hydrogen-bond acceptors (Lipinski definition) is 2. The molecular formula is C19H27F3O2. The van der Waals surface area contributed by atoms with Gasteiger partial charge in [0.2, 0.25) is 0 Å². The smallest absolute Gasteiger partial charge is 0.406 e. The summed E-state index contributed by atoms with van der Waals surface area (Å²) in [6, 6.07) is 5.31. The Labute approximate surface area is 142 Å². The van der Waals surface area contributed by atoms with Gasteiger partial charge in [-0.25, -0.2) is 0 Å². The average molecular weight is 344 g/mol. The Kier molecular flexibility index (Phi) is 8.29. The molecule has 0 saturated carbocycles. The van der Waals surface area contributed by atoms with Gasteiger partial charge in [-0.2, -0.15) is 0 Å². The summed E-state index contributed by atoms with van der Waals surface area (Å²) in [6.45, 7) is 6.19. The van der Waals surface area contributed by atoms with Gasteiger partial charge in [0, 0.05) is 11.5 Å². The molecule has 2 atom stereocenters. The molecule has 2 nitrogen and oxygen atoms in total. The van der Waals surface area contributed by atoms with Crippen molar-refractivity contribution >= 4 is 5.78 Å². The predicted octanol–water partition coefficient (Wildman–Crippen LogP) is 6.40. The van der Waals surface area contributed by atoms with E-state index in [4.69, 9.17) is 0 Å². The van der Waals surface area contributed by atoms with Crippen molar-refractivity contribution in [1.29, 1.82) is 0 Å². The highest BCUT2D eigenvalue weighted by molar-refractivity contribution is 5.97. The molecule has 1 aromatic carbocycles. The number of carbonyl (C=O) groups excluding carboxylic acids is 1. The summed E-state index contributed by atoms with van der Waals surface area (Å²) in [4.78, 5) is 12.4. The molecule has 5 heteroatoms. The highest BCUT2D eigenvalue weighted by Crippen LogP contribution is 2.26. The van der Waals surface area contributed by atoms with E-state index in [2.05, 4.69) is 18.6 Å². The fourth-order valence-corrected chi connectivity index (χ4v) is 2.94. The molecule has 24 heavy (non-hydrogen) atoms. The fraction of sp³-hybridized carbons (Fsp3) is 0.632. The van der Waals surface area contributed by atoms with Gasteiger partial charge in [0.05, 0.1) is 0 Å². The zero-order chi connectivity index (χ0) is 18.2. The molecule has 0 bridgehead atoms. The second-order valence-electron chi connectivity index (χ2n) is 6.33. The molecule has 0 fully saturated rings. The molecule has 0 N–H and O–H groups in total. The SMILES string of the molecule is CCCC(CC)CCCC(C)C(=O)c1cccc(OC(F)(F)F)c1. The summed E-state index contributed by atoms with van der Waals surface area (Å²) < 4.78 is 40.7. The van der Waals surface area contributed by atoms with Crippen LogP contribution in [0.5, 0.6) is 5.75 Å². The molecule has 0 aliphatic heterocycles. The van der Waals surface area contributed by atoms with Gasteiger partial charge in [-0.1, -0.05) is 65.0 Å². The summed E-state index contributed by atoms with van der Waals surface area (Å²) in [5, 5.41) is 0. The number of benzene rings is 1. The Balaban J connectivity index is 2.58. The third kappa shape index (κ3) is 7.37. The van der Waals surface area contributed by atoms with E-state index >= 15 is 0 Å². The van der Waals surface area contributed by atoms with Crippen LogP contribution in [0.4, 0.5) is 13.2 Å². The molecule has 0 amide bonds. The van der Waals surface area contributed by atoms with Gasteiger partial charge in [0.25, 0.3) is 0 Å². The lowest BCUT2D eigenvalue weighted by molar-refractivity contribution is -0.274. The summed E-state index contributed by atoms with van der Waals surface area (Å²) >= 11 is 0. The molecule has 1 aromatic rings. The zero-order valence-electron chi connectivity index (χ0n) is 14.7. The molecule has 0 spiro atoms. The number of rotatable bonds is 10. The number of halogens is 3. The third-order valence-electron chi connectivity index (χ3n) is 4.32. The van der Waals surface area contributed by atoms with Crippen LogP contribution >= 0.6 is 0 Å².